The minimum atomic E-state index is -3.43. The highest BCUT2D eigenvalue weighted by Crippen LogP contribution is 2.58. The lowest BCUT2D eigenvalue weighted by Crippen LogP contribution is -1.92. The molecule has 0 aromatic heterocycles. The monoisotopic (exact) mass is 430 g/mol. The van der Waals surface area contributed by atoms with Gasteiger partial charge >= 0.3 is 6.72 Å². The summed E-state index contributed by atoms with van der Waals surface area (Å²) in [5.41, 5.74) is 0. The predicted octanol–water partition coefficient (Wildman–Crippen LogP) is 6.82. The molecule has 0 saturated heterocycles. The number of rotatable bonds is 17. The molecule has 3 nitrogen and oxygen atoms in total. The summed E-state index contributed by atoms with van der Waals surface area (Å²) in [6.45, 7) is -0.679. The van der Waals surface area contributed by atoms with Crippen LogP contribution in [0.15, 0.2) is 0 Å². The Morgan fingerprint density at radius 2 is 1.18 bits per heavy atom. The summed E-state index contributed by atoms with van der Waals surface area (Å²) < 4.78 is 4.82. The van der Waals surface area contributed by atoms with Gasteiger partial charge in [0.25, 0.3) is 0 Å². The molecular weight excluding hydrogens is 387 g/mol. The van der Waals surface area contributed by atoms with E-state index in [4.69, 9.17) is 14.3 Å². The molecule has 3 saturated carbocycles. The summed E-state index contributed by atoms with van der Waals surface area (Å²) in [5, 5.41) is 0. The molecule has 3 fully saturated rings. The summed E-state index contributed by atoms with van der Waals surface area (Å²) >= 11 is 4.43. The van der Waals surface area contributed by atoms with Crippen molar-refractivity contribution in [2.75, 3.05) is 6.61 Å². The Hall–Kier alpha value is 0.530. The minimum Gasteiger partial charge on any atom is -0.325 e. The van der Waals surface area contributed by atoms with E-state index < -0.39 is 6.72 Å². The summed E-state index contributed by atoms with van der Waals surface area (Å²) in [6.07, 6.45) is 20.8. The van der Waals surface area contributed by atoms with Crippen LogP contribution in [0.2, 0.25) is 0 Å². The molecule has 6 atom stereocenters. The van der Waals surface area contributed by atoms with Crippen molar-refractivity contribution >= 4 is 18.5 Å². The predicted molar refractivity (Wildman–Crippen MR) is 121 cm³/mol. The number of unbranched alkanes of at least 4 members (excludes halogenated alkanes) is 7. The Bertz CT molecular complexity index is 508. The zero-order valence-electron chi connectivity index (χ0n) is 17.9. The molecule has 0 spiro atoms. The van der Waals surface area contributed by atoms with Crippen molar-refractivity contribution in [1.29, 1.82) is 0 Å². The molecule has 0 radical (unpaired) electrons. The molecule has 3 rings (SSSR count). The average Bonchev–Trinajstić information content (AvgIpc) is 3.53. The fourth-order valence-corrected chi connectivity index (χ4v) is 6.06. The lowest BCUT2D eigenvalue weighted by Gasteiger charge is -2.07. The summed E-state index contributed by atoms with van der Waals surface area (Å²) in [7, 11) is 0. The zero-order chi connectivity index (χ0) is 20.0. The lowest BCUT2D eigenvalue weighted by molar-refractivity contribution is 0.245. The number of hydrogen-bond acceptors (Lipinski definition) is 2. The van der Waals surface area contributed by atoms with Gasteiger partial charge < -0.3 is 14.3 Å². The Kier molecular flexibility index (Phi) is 9.31. The SMILES string of the molecule is CCC1CC1CC1CC1CC1CC1CCCCCCCCCCOP(O)(O)=S. The largest absolute Gasteiger partial charge is 0.325 e. The first-order valence-electron chi connectivity index (χ1n) is 12.2. The molecule has 0 heterocycles. The maximum absolute atomic E-state index is 8.97. The quantitative estimate of drug-likeness (QED) is 0.196. The summed E-state index contributed by atoms with van der Waals surface area (Å²) in [5.74, 6) is 6.66. The van der Waals surface area contributed by atoms with Crippen molar-refractivity contribution in [3.8, 4) is 0 Å². The molecule has 0 aromatic carbocycles. The van der Waals surface area contributed by atoms with Crippen molar-refractivity contribution in [3.05, 3.63) is 0 Å². The zero-order valence-corrected chi connectivity index (χ0v) is 19.6. The van der Waals surface area contributed by atoms with Crippen LogP contribution in [-0.2, 0) is 16.3 Å². The minimum absolute atomic E-state index is 0.383. The maximum atomic E-state index is 8.97. The van der Waals surface area contributed by atoms with Gasteiger partial charge in [-0.15, -0.1) is 0 Å². The van der Waals surface area contributed by atoms with E-state index in [2.05, 4.69) is 18.7 Å². The van der Waals surface area contributed by atoms with Crippen LogP contribution in [0.4, 0.5) is 0 Å². The average molecular weight is 431 g/mol. The van der Waals surface area contributed by atoms with Crippen molar-refractivity contribution in [2.45, 2.75) is 103 Å². The van der Waals surface area contributed by atoms with E-state index >= 15 is 0 Å². The van der Waals surface area contributed by atoms with Crippen LogP contribution in [0, 0.1) is 35.5 Å². The molecule has 0 aromatic rings. The molecule has 2 N–H and O–H groups in total. The highest BCUT2D eigenvalue weighted by Gasteiger charge is 2.48. The first kappa shape index (κ1) is 23.2. The highest BCUT2D eigenvalue weighted by atomic mass is 32.5. The van der Waals surface area contributed by atoms with Gasteiger partial charge in [0.15, 0.2) is 0 Å². The first-order chi connectivity index (χ1) is 13.5. The molecule has 0 bridgehead atoms. The fraction of sp³-hybridized carbons (Fsp3) is 1.00. The van der Waals surface area contributed by atoms with Gasteiger partial charge in [-0.25, -0.2) is 0 Å². The van der Waals surface area contributed by atoms with Crippen LogP contribution >= 0.6 is 6.72 Å². The third kappa shape index (κ3) is 9.13. The second-order valence-corrected chi connectivity index (χ2v) is 12.8. The van der Waals surface area contributed by atoms with Crippen molar-refractivity contribution in [3.63, 3.8) is 0 Å². The van der Waals surface area contributed by atoms with Gasteiger partial charge in [0.05, 0.1) is 6.61 Å². The molecule has 3 aliphatic rings. The highest BCUT2D eigenvalue weighted by molar-refractivity contribution is 8.06. The Labute approximate surface area is 178 Å². The second kappa shape index (κ2) is 11.2. The summed E-state index contributed by atoms with van der Waals surface area (Å²) in [4.78, 5) is 17.9. The third-order valence-corrected chi connectivity index (χ3v) is 8.51. The van der Waals surface area contributed by atoms with E-state index in [1.807, 2.05) is 0 Å². The molecule has 5 heteroatoms. The van der Waals surface area contributed by atoms with Crippen LogP contribution in [0.3, 0.4) is 0 Å². The van der Waals surface area contributed by atoms with Crippen molar-refractivity contribution in [2.24, 2.45) is 35.5 Å². The molecule has 3 aliphatic carbocycles. The fourth-order valence-electron chi connectivity index (χ4n) is 5.47. The Balaban J connectivity index is 1.05. The van der Waals surface area contributed by atoms with Gasteiger partial charge in [0, 0.05) is 0 Å². The standard InChI is InChI=1S/C23H43O3PS/c1-2-18-13-20(18)15-22-17-23(22)16-21-14-19(21)11-9-7-5-3-4-6-8-10-12-26-27(24,25)28/h18-23H,2-17H2,1H3,(H2,24,25,28). The van der Waals surface area contributed by atoms with E-state index in [0.717, 1.165) is 48.3 Å². The Morgan fingerprint density at radius 3 is 1.75 bits per heavy atom. The van der Waals surface area contributed by atoms with Crippen LogP contribution in [-0.4, -0.2) is 16.4 Å². The topological polar surface area (TPSA) is 49.7 Å². The van der Waals surface area contributed by atoms with E-state index in [0.29, 0.717) is 6.61 Å². The molecule has 0 amide bonds. The van der Waals surface area contributed by atoms with Crippen molar-refractivity contribution < 1.29 is 14.3 Å². The molecule has 28 heavy (non-hydrogen) atoms. The van der Waals surface area contributed by atoms with Crippen LogP contribution in [0.1, 0.15) is 103 Å². The van der Waals surface area contributed by atoms with Crippen LogP contribution < -0.4 is 0 Å². The van der Waals surface area contributed by atoms with Crippen molar-refractivity contribution in [1.82, 2.24) is 0 Å². The van der Waals surface area contributed by atoms with Gasteiger partial charge in [-0.1, -0.05) is 64.7 Å². The van der Waals surface area contributed by atoms with E-state index in [1.54, 1.807) is 32.1 Å². The van der Waals surface area contributed by atoms with E-state index in [-0.39, 0.29) is 0 Å². The van der Waals surface area contributed by atoms with Gasteiger partial charge in [-0.05, 0) is 85.8 Å². The first-order valence-corrected chi connectivity index (χ1v) is 14.8. The summed E-state index contributed by atoms with van der Waals surface area (Å²) in [6, 6.07) is 0. The normalized spacial score (nSPS) is 33.8. The van der Waals surface area contributed by atoms with Gasteiger partial charge in [0.1, 0.15) is 0 Å². The maximum Gasteiger partial charge on any atom is 0.321 e. The van der Waals surface area contributed by atoms with E-state index in [1.165, 1.54) is 51.4 Å². The molecule has 164 valence electrons. The van der Waals surface area contributed by atoms with Crippen LogP contribution in [0.25, 0.3) is 0 Å². The lowest BCUT2D eigenvalue weighted by atomic mass is 10.0. The Morgan fingerprint density at radius 1 is 0.714 bits per heavy atom. The third-order valence-electron chi connectivity index (χ3n) is 7.67. The number of hydrogen-bond donors (Lipinski definition) is 2. The second-order valence-electron chi connectivity index (χ2n) is 10.1. The molecule has 0 aliphatic heterocycles. The molecular formula is C23H43O3PS. The molecule has 6 unspecified atom stereocenters. The van der Waals surface area contributed by atoms with Gasteiger partial charge in [-0.3, -0.25) is 0 Å². The smallest absolute Gasteiger partial charge is 0.321 e. The van der Waals surface area contributed by atoms with Gasteiger partial charge in [-0.2, -0.15) is 0 Å². The van der Waals surface area contributed by atoms with Crippen LogP contribution in [0.5, 0.6) is 0 Å². The van der Waals surface area contributed by atoms with Gasteiger partial charge in [0.2, 0.25) is 0 Å². The van der Waals surface area contributed by atoms with E-state index in [9.17, 15) is 0 Å².